The van der Waals surface area contributed by atoms with Gasteiger partial charge in [-0.1, -0.05) is 12.1 Å². The molecule has 8 heteroatoms. The first-order valence-electron chi connectivity index (χ1n) is 6.46. The number of rotatable bonds is 5. The van der Waals surface area contributed by atoms with Gasteiger partial charge in [0.05, 0.1) is 23.8 Å². The number of nitrogens with one attached hydrogen (secondary N) is 1. The van der Waals surface area contributed by atoms with Crippen molar-refractivity contribution in [1.82, 2.24) is 5.43 Å². The van der Waals surface area contributed by atoms with Crippen LogP contribution in [0.2, 0.25) is 0 Å². The molecule has 0 unspecified atom stereocenters. The van der Waals surface area contributed by atoms with Crippen LogP contribution in [-0.2, 0) is 0 Å². The number of ether oxygens (including phenoxy) is 1. The fraction of sp³-hybridized carbons (Fsp3) is 0.0667. The Morgan fingerprint density at radius 3 is 2.74 bits per heavy atom. The molecule has 2 aromatic rings. The van der Waals surface area contributed by atoms with Crippen molar-refractivity contribution in [2.75, 3.05) is 7.11 Å². The van der Waals surface area contributed by atoms with Gasteiger partial charge in [0.2, 0.25) is 0 Å². The lowest BCUT2D eigenvalue weighted by Gasteiger charge is -2.03. The molecule has 0 saturated carbocycles. The highest BCUT2D eigenvalue weighted by atomic mass is 16.6. The van der Waals surface area contributed by atoms with Crippen molar-refractivity contribution in [2.45, 2.75) is 0 Å². The SMILES string of the molecule is COc1ccc(/C=N\NC(=O)c2ccccc2O)cc1[N+](=O)[O-]. The van der Waals surface area contributed by atoms with Crippen LogP contribution in [0.1, 0.15) is 15.9 Å². The molecule has 0 saturated heterocycles. The normalized spacial score (nSPS) is 10.5. The average Bonchev–Trinajstić information content (AvgIpc) is 2.55. The molecular formula is C15H13N3O5. The summed E-state index contributed by atoms with van der Waals surface area (Å²) in [6.07, 6.45) is 1.25. The van der Waals surface area contributed by atoms with Crippen molar-refractivity contribution in [3.63, 3.8) is 0 Å². The summed E-state index contributed by atoms with van der Waals surface area (Å²) in [7, 11) is 1.34. The van der Waals surface area contributed by atoms with E-state index in [1.54, 1.807) is 18.2 Å². The predicted molar refractivity (Wildman–Crippen MR) is 82.8 cm³/mol. The molecule has 8 nitrogen and oxygen atoms in total. The number of nitro benzene ring substituents is 1. The molecule has 2 aromatic carbocycles. The third-order valence-electron chi connectivity index (χ3n) is 2.93. The Kier molecular flexibility index (Phi) is 4.88. The standard InChI is InChI=1S/C15H13N3O5/c1-23-14-7-6-10(8-12(14)18(21)22)9-16-17-15(20)11-4-2-3-5-13(11)19/h2-9,19H,1H3,(H,17,20)/b16-9-. The van der Waals surface area contributed by atoms with E-state index in [0.29, 0.717) is 5.56 Å². The number of hydrogen-bond acceptors (Lipinski definition) is 6. The fourth-order valence-electron chi connectivity index (χ4n) is 1.82. The summed E-state index contributed by atoms with van der Waals surface area (Å²) in [5, 5.41) is 24.2. The van der Waals surface area contributed by atoms with Gasteiger partial charge in [0, 0.05) is 11.6 Å². The van der Waals surface area contributed by atoms with Gasteiger partial charge in [0.15, 0.2) is 5.75 Å². The molecule has 23 heavy (non-hydrogen) atoms. The number of nitro groups is 1. The van der Waals surface area contributed by atoms with E-state index in [9.17, 15) is 20.0 Å². The highest BCUT2D eigenvalue weighted by Crippen LogP contribution is 2.26. The summed E-state index contributed by atoms with van der Waals surface area (Å²) >= 11 is 0. The Bertz CT molecular complexity index is 773. The number of hydrogen-bond donors (Lipinski definition) is 2. The van der Waals surface area contributed by atoms with Crippen LogP contribution in [0.4, 0.5) is 5.69 Å². The van der Waals surface area contributed by atoms with E-state index in [4.69, 9.17) is 4.74 Å². The maximum atomic E-state index is 11.8. The molecule has 0 heterocycles. The molecule has 0 aromatic heterocycles. The Morgan fingerprint density at radius 2 is 2.09 bits per heavy atom. The Hall–Kier alpha value is -3.42. The molecule has 0 aliphatic carbocycles. The lowest BCUT2D eigenvalue weighted by molar-refractivity contribution is -0.385. The van der Waals surface area contributed by atoms with E-state index in [-0.39, 0.29) is 22.7 Å². The molecule has 0 aliphatic heterocycles. The number of hydrazone groups is 1. The molecule has 2 rings (SSSR count). The number of phenols is 1. The van der Waals surface area contributed by atoms with Crippen LogP contribution in [-0.4, -0.2) is 29.3 Å². The average molecular weight is 315 g/mol. The van der Waals surface area contributed by atoms with Gasteiger partial charge in [0.1, 0.15) is 5.75 Å². The number of carbonyl (C=O) groups excluding carboxylic acids is 1. The molecule has 1 amide bonds. The summed E-state index contributed by atoms with van der Waals surface area (Å²) in [6.45, 7) is 0. The van der Waals surface area contributed by atoms with E-state index in [2.05, 4.69) is 10.5 Å². The molecule has 0 fully saturated rings. The van der Waals surface area contributed by atoms with Gasteiger partial charge in [-0.05, 0) is 24.3 Å². The second-order valence-electron chi connectivity index (χ2n) is 4.40. The third kappa shape index (κ3) is 3.82. The van der Waals surface area contributed by atoms with E-state index >= 15 is 0 Å². The number of para-hydroxylation sites is 1. The summed E-state index contributed by atoms with van der Waals surface area (Å²) in [6, 6.07) is 10.3. The van der Waals surface area contributed by atoms with Crippen molar-refractivity contribution in [1.29, 1.82) is 0 Å². The molecule has 2 N–H and O–H groups in total. The molecule has 0 radical (unpaired) electrons. The van der Waals surface area contributed by atoms with Crippen LogP contribution in [0.25, 0.3) is 0 Å². The first kappa shape index (κ1) is 16.0. The molecule has 0 spiro atoms. The minimum Gasteiger partial charge on any atom is -0.507 e. The Balaban J connectivity index is 2.12. The number of phenolic OH excluding ortho intramolecular Hbond substituents is 1. The van der Waals surface area contributed by atoms with Crippen molar-refractivity contribution in [3.05, 3.63) is 63.7 Å². The summed E-state index contributed by atoms with van der Waals surface area (Å²) in [4.78, 5) is 22.2. The highest BCUT2D eigenvalue weighted by molar-refractivity contribution is 5.97. The van der Waals surface area contributed by atoms with Gasteiger partial charge in [0.25, 0.3) is 5.91 Å². The van der Waals surface area contributed by atoms with Crippen molar-refractivity contribution >= 4 is 17.8 Å². The Morgan fingerprint density at radius 1 is 1.35 bits per heavy atom. The summed E-state index contributed by atoms with van der Waals surface area (Å²) in [5.74, 6) is -0.631. The second kappa shape index (κ2) is 7.03. The van der Waals surface area contributed by atoms with E-state index in [1.807, 2.05) is 0 Å². The number of nitrogens with zero attached hydrogens (tertiary/aromatic N) is 2. The van der Waals surface area contributed by atoms with Crippen LogP contribution in [0.15, 0.2) is 47.6 Å². The topological polar surface area (TPSA) is 114 Å². The molecule has 118 valence electrons. The maximum absolute atomic E-state index is 11.8. The fourth-order valence-corrected chi connectivity index (χ4v) is 1.82. The smallest absolute Gasteiger partial charge is 0.311 e. The zero-order valence-electron chi connectivity index (χ0n) is 12.1. The molecule has 0 aliphatic rings. The number of benzene rings is 2. The van der Waals surface area contributed by atoms with Crippen LogP contribution in [0.3, 0.4) is 0 Å². The summed E-state index contributed by atoms with van der Waals surface area (Å²) in [5.41, 5.74) is 2.52. The minimum absolute atomic E-state index is 0.0744. The third-order valence-corrected chi connectivity index (χ3v) is 2.93. The molecular weight excluding hydrogens is 302 g/mol. The van der Waals surface area contributed by atoms with Gasteiger partial charge >= 0.3 is 5.69 Å². The van der Waals surface area contributed by atoms with E-state index < -0.39 is 10.8 Å². The van der Waals surface area contributed by atoms with Crippen molar-refractivity contribution in [2.24, 2.45) is 5.10 Å². The quantitative estimate of drug-likeness (QED) is 0.498. The van der Waals surface area contributed by atoms with Gasteiger partial charge < -0.3 is 9.84 Å². The van der Waals surface area contributed by atoms with Gasteiger partial charge in [-0.3, -0.25) is 14.9 Å². The summed E-state index contributed by atoms with van der Waals surface area (Å²) < 4.78 is 4.89. The lowest BCUT2D eigenvalue weighted by atomic mass is 10.2. The number of carbonyl (C=O) groups is 1. The molecule has 0 atom stereocenters. The largest absolute Gasteiger partial charge is 0.507 e. The van der Waals surface area contributed by atoms with Crippen molar-refractivity contribution in [3.8, 4) is 11.5 Å². The predicted octanol–water partition coefficient (Wildman–Crippen LogP) is 2.07. The van der Waals surface area contributed by atoms with Crippen molar-refractivity contribution < 1.29 is 19.6 Å². The zero-order valence-corrected chi connectivity index (χ0v) is 12.1. The van der Waals surface area contributed by atoms with Gasteiger partial charge in [-0.2, -0.15) is 5.10 Å². The first-order valence-corrected chi connectivity index (χ1v) is 6.46. The number of methoxy groups -OCH3 is 1. The van der Waals surface area contributed by atoms with Crippen LogP contribution in [0.5, 0.6) is 11.5 Å². The van der Waals surface area contributed by atoms with Crippen LogP contribution in [0, 0.1) is 10.1 Å². The highest BCUT2D eigenvalue weighted by Gasteiger charge is 2.14. The van der Waals surface area contributed by atoms with E-state index in [0.717, 1.165) is 0 Å². The van der Waals surface area contributed by atoms with Gasteiger partial charge in [-0.15, -0.1) is 0 Å². The maximum Gasteiger partial charge on any atom is 0.311 e. The van der Waals surface area contributed by atoms with Crippen LogP contribution < -0.4 is 10.2 Å². The zero-order chi connectivity index (χ0) is 16.8. The number of aromatic hydroxyl groups is 1. The van der Waals surface area contributed by atoms with E-state index in [1.165, 1.54) is 37.6 Å². The second-order valence-corrected chi connectivity index (χ2v) is 4.40. The first-order chi connectivity index (χ1) is 11.0. The van der Waals surface area contributed by atoms with Crippen LogP contribution >= 0.6 is 0 Å². The monoisotopic (exact) mass is 315 g/mol. The van der Waals surface area contributed by atoms with Gasteiger partial charge in [-0.25, -0.2) is 5.43 Å². The lowest BCUT2D eigenvalue weighted by Crippen LogP contribution is -2.17. The minimum atomic E-state index is -0.595. The number of amides is 1. The molecule has 0 bridgehead atoms. The Labute approximate surface area is 131 Å².